The van der Waals surface area contributed by atoms with E-state index in [0.29, 0.717) is 11.3 Å². The highest BCUT2D eigenvalue weighted by molar-refractivity contribution is 7.11. The molecule has 1 rings (SSSR count). The maximum absolute atomic E-state index is 8.62. The second-order valence-corrected chi connectivity index (χ2v) is 3.41. The Kier molecular flexibility index (Phi) is 2.93. The number of methoxy groups -OCH3 is 1. The lowest BCUT2D eigenvalue weighted by Gasteiger charge is -1.96. The van der Waals surface area contributed by atoms with Crippen LogP contribution in [0.25, 0.3) is 5.70 Å². The predicted octanol–water partition coefficient (Wildman–Crippen LogP) is 1.97. The number of nitriles is 1. The predicted molar refractivity (Wildman–Crippen MR) is 53.3 cm³/mol. The Hall–Kier alpha value is -1.47. The van der Waals surface area contributed by atoms with Crippen molar-refractivity contribution in [2.45, 2.75) is 6.92 Å². The molecule has 2 N–H and O–H groups in total. The van der Waals surface area contributed by atoms with Crippen LogP contribution in [0.4, 0.5) is 0 Å². The number of hydrogen-bond donors (Lipinski definition) is 1. The van der Waals surface area contributed by atoms with E-state index in [2.05, 4.69) is 0 Å². The minimum atomic E-state index is 0.524. The van der Waals surface area contributed by atoms with E-state index >= 15 is 0 Å². The summed E-state index contributed by atoms with van der Waals surface area (Å²) >= 11 is 1.47. The molecular weight excluding hydrogens is 184 g/mol. The molecule has 0 saturated heterocycles. The third-order valence-electron chi connectivity index (χ3n) is 1.65. The largest absolute Gasteiger partial charge is 0.496 e. The minimum Gasteiger partial charge on any atom is -0.496 e. The summed E-state index contributed by atoms with van der Waals surface area (Å²) in [7, 11) is 1.60. The molecule has 0 aliphatic heterocycles. The first-order valence-electron chi connectivity index (χ1n) is 3.68. The average Bonchev–Trinajstić information content (AvgIpc) is 2.63. The number of nitrogens with zero attached hydrogens (tertiary/aromatic N) is 1. The Balaban J connectivity index is 3.04. The number of ether oxygens (including phenoxy) is 1. The van der Waals surface area contributed by atoms with Crippen LogP contribution < -0.4 is 10.5 Å². The SMILES string of the molecule is COc1csc(/C(N)=C(\C)C#N)c1. The molecule has 1 aromatic heterocycles. The number of rotatable bonds is 2. The maximum atomic E-state index is 8.62. The van der Waals surface area contributed by atoms with Crippen molar-refractivity contribution in [3.05, 3.63) is 21.9 Å². The van der Waals surface area contributed by atoms with Gasteiger partial charge in [-0.1, -0.05) is 0 Å². The molecule has 0 amide bonds. The molecule has 0 spiro atoms. The first-order valence-corrected chi connectivity index (χ1v) is 4.56. The van der Waals surface area contributed by atoms with Crippen LogP contribution >= 0.6 is 11.3 Å². The smallest absolute Gasteiger partial charge is 0.130 e. The second kappa shape index (κ2) is 3.97. The average molecular weight is 194 g/mol. The molecule has 0 aliphatic carbocycles. The molecule has 4 heteroatoms. The van der Waals surface area contributed by atoms with E-state index in [1.165, 1.54) is 11.3 Å². The van der Waals surface area contributed by atoms with Gasteiger partial charge in [0.25, 0.3) is 0 Å². The Bertz CT molecular complexity index is 373. The summed E-state index contributed by atoms with van der Waals surface area (Å²) in [6.45, 7) is 1.70. The van der Waals surface area contributed by atoms with Gasteiger partial charge in [0.2, 0.25) is 0 Å². The zero-order valence-corrected chi connectivity index (χ0v) is 8.31. The van der Waals surface area contributed by atoms with Crippen LogP contribution in [-0.2, 0) is 0 Å². The van der Waals surface area contributed by atoms with Gasteiger partial charge in [-0.3, -0.25) is 0 Å². The second-order valence-electron chi connectivity index (χ2n) is 2.50. The van der Waals surface area contributed by atoms with Crippen LogP contribution in [0.3, 0.4) is 0 Å². The Labute approximate surface area is 81.1 Å². The third kappa shape index (κ3) is 2.01. The van der Waals surface area contributed by atoms with Crippen molar-refractivity contribution in [1.82, 2.24) is 0 Å². The fourth-order valence-electron chi connectivity index (χ4n) is 0.812. The van der Waals surface area contributed by atoms with Gasteiger partial charge in [-0.25, -0.2) is 0 Å². The van der Waals surface area contributed by atoms with Crippen molar-refractivity contribution in [2.75, 3.05) is 7.11 Å². The van der Waals surface area contributed by atoms with Crippen molar-refractivity contribution in [1.29, 1.82) is 5.26 Å². The van der Waals surface area contributed by atoms with Gasteiger partial charge < -0.3 is 10.5 Å². The van der Waals surface area contributed by atoms with Crippen molar-refractivity contribution < 1.29 is 4.74 Å². The maximum Gasteiger partial charge on any atom is 0.130 e. The minimum absolute atomic E-state index is 0.524. The van der Waals surface area contributed by atoms with Gasteiger partial charge in [0, 0.05) is 11.4 Å². The van der Waals surface area contributed by atoms with Crippen molar-refractivity contribution >= 4 is 17.0 Å². The highest BCUT2D eigenvalue weighted by Crippen LogP contribution is 2.26. The standard InChI is InChI=1S/C9H10N2OS/c1-6(4-10)9(11)8-3-7(12-2)5-13-8/h3,5H,11H2,1-2H3/b9-6-. The third-order valence-corrected chi connectivity index (χ3v) is 2.59. The number of allylic oxidation sites excluding steroid dienone is 1. The highest BCUT2D eigenvalue weighted by atomic mass is 32.1. The van der Waals surface area contributed by atoms with E-state index in [1.54, 1.807) is 14.0 Å². The fourth-order valence-corrected chi connectivity index (χ4v) is 1.68. The van der Waals surface area contributed by atoms with Gasteiger partial charge in [0.1, 0.15) is 5.75 Å². The van der Waals surface area contributed by atoms with E-state index in [9.17, 15) is 0 Å². The van der Waals surface area contributed by atoms with Gasteiger partial charge in [-0.2, -0.15) is 5.26 Å². The number of thiophene rings is 1. The lowest BCUT2D eigenvalue weighted by Crippen LogP contribution is -1.96. The molecule has 0 bridgehead atoms. The van der Waals surface area contributed by atoms with Gasteiger partial charge in [-0.15, -0.1) is 11.3 Å². The van der Waals surface area contributed by atoms with Gasteiger partial charge in [-0.05, 0) is 6.92 Å². The quantitative estimate of drug-likeness (QED) is 0.732. The molecule has 0 saturated carbocycles. The summed E-state index contributed by atoms with van der Waals surface area (Å²) in [5, 5.41) is 10.5. The first-order chi connectivity index (χ1) is 6.19. The van der Waals surface area contributed by atoms with Crippen LogP contribution in [0.15, 0.2) is 17.0 Å². The monoisotopic (exact) mass is 194 g/mol. The fraction of sp³-hybridized carbons (Fsp3) is 0.222. The van der Waals surface area contributed by atoms with Crippen LogP contribution in [-0.4, -0.2) is 7.11 Å². The topological polar surface area (TPSA) is 59.0 Å². The molecule has 0 unspecified atom stereocenters. The molecular formula is C9H10N2OS. The zero-order chi connectivity index (χ0) is 9.84. The van der Waals surface area contributed by atoms with Crippen LogP contribution in [0.1, 0.15) is 11.8 Å². The summed E-state index contributed by atoms with van der Waals surface area (Å²) in [6, 6.07) is 3.83. The highest BCUT2D eigenvalue weighted by Gasteiger charge is 2.04. The molecule has 1 heterocycles. The molecule has 68 valence electrons. The molecule has 0 radical (unpaired) electrons. The molecule has 0 aromatic carbocycles. The summed E-state index contributed by atoms with van der Waals surface area (Å²) in [6.07, 6.45) is 0. The number of nitrogens with two attached hydrogens (primary N) is 1. The molecule has 1 aromatic rings. The van der Waals surface area contributed by atoms with E-state index in [0.717, 1.165) is 10.6 Å². The van der Waals surface area contributed by atoms with E-state index in [-0.39, 0.29) is 0 Å². The van der Waals surface area contributed by atoms with Gasteiger partial charge >= 0.3 is 0 Å². The lowest BCUT2D eigenvalue weighted by molar-refractivity contribution is 0.416. The summed E-state index contributed by atoms with van der Waals surface area (Å²) in [5.74, 6) is 0.772. The zero-order valence-electron chi connectivity index (χ0n) is 7.50. The molecule has 0 fully saturated rings. The summed E-state index contributed by atoms with van der Waals surface area (Å²) in [4.78, 5) is 0.871. The van der Waals surface area contributed by atoms with Gasteiger partial charge in [0.05, 0.1) is 29.3 Å². The Morgan fingerprint density at radius 3 is 2.85 bits per heavy atom. The normalized spacial score (nSPS) is 11.8. The van der Waals surface area contributed by atoms with Crippen molar-refractivity contribution in [3.63, 3.8) is 0 Å². The van der Waals surface area contributed by atoms with E-state index in [4.69, 9.17) is 15.7 Å². The van der Waals surface area contributed by atoms with Gasteiger partial charge in [0.15, 0.2) is 0 Å². The summed E-state index contributed by atoms with van der Waals surface area (Å²) in [5.41, 5.74) is 6.78. The van der Waals surface area contributed by atoms with Crippen molar-refractivity contribution in [2.24, 2.45) is 5.73 Å². The van der Waals surface area contributed by atoms with Crippen LogP contribution in [0.2, 0.25) is 0 Å². The number of hydrogen-bond acceptors (Lipinski definition) is 4. The van der Waals surface area contributed by atoms with E-state index < -0.39 is 0 Å². The molecule has 0 aliphatic rings. The summed E-state index contributed by atoms with van der Waals surface area (Å²) < 4.78 is 5.01. The van der Waals surface area contributed by atoms with Crippen molar-refractivity contribution in [3.8, 4) is 11.8 Å². The molecule has 3 nitrogen and oxygen atoms in total. The first kappa shape index (κ1) is 9.62. The Morgan fingerprint density at radius 2 is 2.38 bits per heavy atom. The van der Waals surface area contributed by atoms with E-state index in [1.807, 2.05) is 17.5 Å². The molecule has 0 atom stereocenters. The Morgan fingerprint density at radius 1 is 1.69 bits per heavy atom. The molecule has 13 heavy (non-hydrogen) atoms. The van der Waals surface area contributed by atoms with Crippen LogP contribution in [0.5, 0.6) is 5.75 Å². The lowest BCUT2D eigenvalue weighted by atomic mass is 10.2. The van der Waals surface area contributed by atoms with Crippen LogP contribution in [0, 0.1) is 11.3 Å².